The quantitative estimate of drug-likeness (QED) is 0.364. The average Bonchev–Trinajstić information content (AvgIpc) is 3.01. The first-order chi connectivity index (χ1) is 20.6. The van der Waals surface area contributed by atoms with Gasteiger partial charge in [0, 0.05) is 89.4 Å². The Morgan fingerprint density at radius 2 is 1.82 bits per heavy atom. The summed E-state index contributed by atoms with van der Waals surface area (Å²) in [7, 11) is 1.68. The number of carbonyl (C=O) groups is 2. The van der Waals surface area contributed by atoms with Gasteiger partial charge in [-0.3, -0.25) is 9.59 Å². The zero-order chi connectivity index (χ0) is 31.0. The normalized spacial score (nSPS) is 19.0. The highest BCUT2D eigenvalue weighted by Crippen LogP contribution is 2.26. The van der Waals surface area contributed by atoms with Crippen LogP contribution in [0.15, 0.2) is 36.5 Å². The van der Waals surface area contributed by atoms with Gasteiger partial charge < -0.3 is 30.1 Å². The summed E-state index contributed by atoms with van der Waals surface area (Å²) in [6.45, 7) is 16.6. The molecule has 10 heteroatoms. The van der Waals surface area contributed by atoms with E-state index in [0.717, 1.165) is 19.5 Å². The van der Waals surface area contributed by atoms with Gasteiger partial charge in [-0.1, -0.05) is 60.2 Å². The van der Waals surface area contributed by atoms with E-state index in [0.29, 0.717) is 69.5 Å². The number of para-hydroxylation sites is 1. The number of amides is 2. The van der Waals surface area contributed by atoms with E-state index in [1.165, 1.54) is 5.69 Å². The molecule has 244 valence electrons. The molecular formula is C34H55N7O3. The lowest BCUT2D eigenvalue weighted by Gasteiger charge is -2.41. The summed E-state index contributed by atoms with van der Waals surface area (Å²) in [6.07, 6.45) is 3.11. The summed E-state index contributed by atoms with van der Waals surface area (Å²) >= 11 is 0. The molecule has 4 rings (SSSR count). The SMILES string of the molecule is C.COCCCNc1nc(C(C)(C)C)ncc1C(=O)N(CC(C)C)[C@@H]1CNC[C@H](C(=O)N2CCN(c3ccccc3)CC2)C1. The molecule has 2 N–H and O–H groups in total. The van der Waals surface area contributed by atoms with Gasteiger partial charge in [0.25, 0.3) is 5.91 Å². The summed E-state index contributed by atoms with van der Waals surface area (Å²) in [5, 5.41) is 6.86. The van der Waals surface area contributed by atoms with Gasteiger partial charge in [-0.15, -0.1) is 0 Å². The van der Waals surface area contributed by atoms with E-state index < -0.39 is 0 Å². The van der Waals surface area contributed by atoms with E-state index in [1.54, 1.807) is 13.3 Å². The van der Waals surface area contributed by atoms with Crippen LogP contribution in [-0.4, -0.2) is 104 Å². The maximum atomic E-state index is 14.3. The van der Waals surface area contributed by atoms with Crippen molar-refractivity contribution < 1.29 is 14.3 Å². The first-order valence-corrected chi connectivity index (χ1v) is 15.8. The molecule has 44 heavy (non-hydrogen) atoms. The van der Waals surface area contributed by atoms with Gasteiger partial charge >= 0.3 is 0 Å². The fourth-order valence-corrected chi connectivity index (χ4v) is 5.83. The number of hydrogen-bond acceptors (Lipinski definition) is 8. The number of nitrogens with one attached hydrogen (secondary N) is 2. The monoisotopic (exact) mass is 609 g/mol. The largest absolute Gasteiger partial charge is 0.385 e. The van der Waals surface area contributed by atoms with Crippen molar-refractivity contribution in [2.24, 2.45) is 11.8 Å². The predicted molar refractivity (Wildman–Crippen MR) is 178 cm³/mol. The second-order valence-electron chi connectivity index (χ2n) is 13.2. The van der Waals surface area contributed by atoms with Crippen molar-refractivity contribution in [1.82, 2.24) is 25.1 Å². The van der Waals surface area contributed by atoms with Crippen molar-refractivity contribution in [1.29, 1.82) is 0 Å². The van der Waals surface area contributed by atoms with Gasteiger partial charge in [0.2, 0.25) is 5.91 Å². The van der Waals surface area contributed by atoms with E-state index in [4.69, 9.17) is 9.72 Å². The highest BCUT2D eigenvalue weighted by Gasteiger charge is 2.37. The Balaban J connectivity index is 0.00000529. The number of aromatic nitrogens is 2. The molecule has 2 aromatic rings. The van der Waals surface area contributed by atoms with Crippen molar-refractivity contribution >= 4 is 23.3 Å². The van der Waals surface area contributed by atoms with E-state index in [2.05, 4.69) is 79.4 Å². The minimum Gasteiger partial charge on any atom is -0.385 e. The summed E-state index contributed by atoms with van der Waals surface area (Å²) in [6, 6.07) is 10.3. The third-order valence-electron chi connectivity index (χ3n) is 8.16. The third kappa shape index (κ3) is 9.14. The van der Waals surface area contributed by atoms with Crippen LogP contribution in [-0.2, 0) is 14.9 Å². The molecule has 0 aliphatic carbocycles. The van der Waals surface area contributed by atoms with Gasteiger partial charge in [0.1, 0.15) is 17.2 Å². The Morgan fingerprint density at radius 3 is 2.45 bits per heavy atom. The molecule has 2 fully saturated rings. The number of hydrogen-bond donors (Lipinski definition) is 2. The van der Waals surface area contributed by atoms with Crippen molar-refractivity contribution in [3.8, 4) is 0 Å². The Bertz CT molecular complexity index is 1190. The summed E-state index contributed by atoms with van der Waals surface area (Å²) in [5.74, 6) is 1.42. The third-order valence-corrected chi connectivity index (χ3v) is 8.16. The van der Waals surface area contributed by atoms with Crippen LogP contribution in [0.2, 0.25) is 0 Å². The standard InChI is InChI=1S/C33H51N7O3.CH4/c1-24(2)23-40(31(42)28-22-36-32(33(3,4)5)37-29(28)35-13-10-18-43-6)27-19-25(20-34-21-27)30(41)39-16-14-38(15-17-39)26-11-8-7-9-12-26;/h7-9,11-12,22,24-25,27,34H,10,13-21,23H2,1-6H3,(H,35,36,37);1H4/t25-,27+;/m1./s1. The van der Waals surface area contributed by atoms with E-state index in [-0.39, 0.29) is 42.5 Å². The predicted octanol–water partition coefficient (Wildman–Crippen LogP) is 4.28. The minimum absolute atomic E-state index is 0. The first-order valence-electron chi connectivity index (χ1n) is 15.8. The second kappa shape index (κ2) is 16.2. The summed E-state index contributed by atoms with van der Waals surface area (Å²) in [5.41, 5.74) is 1.41. The van der Waals surface area contributed by atoms with Crippen LogP contribution in [0.25, 0.3) is 0 Å². The molecule has 0 radical (unpaired) electrons. The summed E-state index contributed by atoms with van der Waals surface area (Å²) in [4.78, 5) is 43.7. The molecule has 2 saturated heterocycles. The molecular weight excluding hydrogens is 554 g/mol. The van der Waals surface area contributed by atoms with Gasteiger partial charge in [-0.05, 0) is 30.9 Å². The van der Waals surface area contributed by atoms with Crippen LogP contribution < -0.4 is 15.5 Å². The zero-order valence-corrected chi connectivity index (χ0v) is 26.9. The highest BCUT2D eigenvalue weighted by atomic mass is 16.5. The van der Waals surface area contributed by atoms with E-state index in [9.17, 15) is 9.59 Å². The average molecular weight is 610 g/mol. The van der Waals surface area contributed by atoms with Crippen molar-refractivity contribution in [2.45, 2.75) is 66.3 Å². The molecule has 2 aliphatic heterocycles. The molecule has 10 nitrogen and oxygen atoms in total. The molecule has 0 spiro atoms. The molecule has 3 heterocycles. The first kappa shape index (κ1) is 35.2. The second-order valence-corrected chi connectivity index (χ2v) is 13.2. The smallest absolute Gasteiger partial charge is 0.259 e. The molecule has 1 aromatic heterocycles. The minimum atomic E-state index is -0.254. The number of piperidine rings is 1. The maximum absolute atomic E-state index is 14.3. The Labute approximate surface area is 264 Å². The summed E-state index contributed by atoms with van der Waals surface area (Å²) < 4.78 is 5.21. The maximum Gasteiger partial charge on any atom is 0.259 e. The number of carbonyl (C=O) groups excluding carboxylic acids is 2. The van der Waals surface area contributed by atoms with Crippen LogP contribution >= 0.6 is 0 Å². The molecule has 1 aromatic carbocycles. The Morgan fingerprint density at radius 1 is 1.11 bits per heavy atom. The number of rotatable bonds is 11. The number of methoxy groups -OCH3 is 1. The lowest BCUT2D eigenvalue weighted by atomic mass is 9.92. The molecule has 0 bridgehead atoms. The zero-order valence-electron chi connectivity index (χ0n) is 26.9. The fraction of sp³-hybridized carbons (Fsp3) is 0.647. The van der Waals surface area contributed by atoms with Crippen LogP contribution in [0.3, 0.4) is 0 Å². The van der Waals surface area contributed by atoms with Crippen LogP contribution in [0.5, 0.6) is 0 Å². The number of anilines is 2. The Kier molecular flexibility index (Phi) is 13.0. The topological polar surface area (TPSA) is 103 Å². The van der Waals surface area contributed by atoms with Crippen molar-refractivity contribution in [3.05, 3.63) is 47.9 Å². The van der Waals surface area contributed by atoms with E-state index in [1.807, 2.05) is 15.9 Å². The van der Waals surface area contributed by atoms with Gasteiger partial charge in [-0.25, -0.2) is 9.97 Å². The number of piperazine rings is 1. The van der Waals surface area contributed by atoms with Gasteiger partial charge in [0.05, 0.1) is 5.92 Å². The highest BCUT2D eigenvalue weighted by molar-refractivity contribution is 5.98. The lowest BCUT2D eigenvalue weighted by molar-refractivity contribution is -0.137. The molecule has 2 amide bonds. The Hall–Kier alpha value is -3.24. The van der Waals surface area contributed by atoms with Crippen LogP contribution in [0.1, 0.15) is 71.1 Å². The number of ether oxygens (including phenoxy) is 1. The molecule has 2 aliphatic rings. The fourth-order valence-electron chi connectivity index (χ4n) is 5.83. The number of benzene rings is 1. The molecule has 0 unspecified atom stereocenters. The van der Waals surface area contributed by atoms with Crippen LogP contribution in [0.4, 0.5) is 11.5 Å². The van der Waals surface area contributed by atoms with Crippen molar-refractivity contribution in [2.75, 3.05) is 76.3 Å². The molecule has 0 saturated carbocycles. The van der Waals surface area contributed by atoms with Gasteiger partial charge in [-0.2, -0.15) is 0 Å². The van der Waals surface area contributed by atoms with Gasteiger partial charge in [0.15, 0.2) is 0 Å². The van der Waals surface area contributed by atoms with E-state index >= 15 is 0 Å². The number of nitrogens with zero attached hydrogens (tertiary/aromatic N) is 5. The molecule has 2 atom stereocenters. The van der Waals surface area contributed by atoms with Crippen molar-refractivity contribution in [3.63, 3.8) is 0 Å². The lowest BCUT2D eigenvalue weighted by Crippen LogP contribution is -2.57. The van der Waals surface area contributed by atoms with Crippen LogP contribution in [0, 0.1) is 11.8 Å².